The van der Waals surface area contributed by atoms with Gasteiger partial charge in [-0.15, -0.1) is 11.8 Å². The molecule has 0 spiro atoms. The van der Waals surface area contributed by atoms with E-state index in [1.54, 1.807) is 0 Å². The van der Waals surface area contributed by atoms with Crippen molar-refractivity contribution < 1.29 is 33.6 Å². The van der Waals surface area contributed by atoms with E-state index in [4.69, 9.17) is 4.74 Å². The van der Waals surface area contributed by atoms with Crippen LogP contribution in [0.25, 0.3) is 0 Å². The van der Waals surface area contributed by atoms with E-state index >= 15 is 0 Å². The Labute approximate surface area is 182 Å². The number of aliphatic imine (C=N–C) groups is 1. The number of carbonyl (C=O) groups is 2. The summed E-state index contributed by atoms with van der Waals surface area (Å²) in [5, 5.41) is 9.99. The molecule has 1 saturated heterocycles. The van der Waals surface area contributed by atoms with Crippen LogP contribution in [-0.2, 0) is 18.9 Å². The van der Waals surface area contributed by atoms with Gasteiger partial charge in [0.15, 0.2) is 0 Å². The van der Waals surface area contributed by atoms with Crippen LogP contribution in [0, 0.1) is 10.1 Å². The van der Waals surface area contributed by atoms with Gasteiger partial charge in [0.05, 0.1) is 4.92 Å². The van der Waals surface area contributed by atoms with E-state index in [9.17, 15) is 34.1 Å². The Kier molecular flexibility index (Phi) is 6.21. The first-order valence-electron chi connectivity index (χ1n) is 8.30. The van der Waals surface area contributed by atoms with E-state index in [0.717, 1.165) is 4.90 Å². The molecule has 30 heavy (non-hydrogen) atoms. The fourth-order valence-corrected chi connectivity index (χ4v) is 6.34. The molecule has 0 aromatic heterocycles. The third kappa shape index (κ3) is 4.21. The minimum Gasteiger partial charge on any atom is -0.461 e. The maximum atomic E-state index is 12.8. The number of rotatable bonds is 6. The average Bonchev–Trinajstić information content (AvgIpc) is 2.68. The second kappa shape index (κ2) is 8.23. The van der Waals surface area contributed by atoms with Crippen molar-refractivity contribution in [2.75, 3.05) is 12.4 Å². The molecular formula is C16H15BrN3O8PS. The zero-order chi connectivity index (χ0) is 22.3. The Morgan fingerprint density at radius 2 is 2.13 bits per heavy atom. The zero-order valence-electron chi connectivity index (χ0n) is 15.3. The molecule has 2 aliphatic heterocycles. The number of esters is 1. The number of thioether (sulfide) groups is 1. The molecule has 0 saturated carbocycles. The van der Waals surface area contributed by atoms with Crippen LogP contribution in [-0.4, -0.2) is 59.9 Å². The van der Waals surface area contributed by atoms with Gasteiger partial charge in [-0.05, 0) is 33.6 Å². The van der Waals surface area contributed by atoms with Crippen molar-refractivity contribution in [2.45, 2.75) is 16.7 Å². The molecule has 1 fully saturated rings. The van der Waals surface area contributed by atoms with E-state index in [1.165, 1.54) is 49.2 Å². The smallest absolute Gasteiger partial charge is 0.372 e. The highest BCUT2D eigenvalue weighted by Crippen LogP contribution is 2.60. The number of ether oxygens (including phenoxy) is 1. The standard InChI is InChI=1S/C16H15BrN3O8PS/c1-9(21)28-7-11-8-30-15-16(17,14(22)19(15)13(11)29(25,26)27)18-6-10-2-4-12(5-3-10)20(23)24/h2-6,15H,7-8H2,1H3,(H2,25,26,27)/b18-6+/t15-,16-/m1/s1. The van der Waals surface area contributed by atoms with Crippen molar-refractivity contribution in [2.24, 2.45) is 4.99 Å². The van der Waals surface area contributed by atoms with Gasteiger partial charge in [-0.1, -0.05) is 0 Å². The molecular weight excluding hydrogens is 505 g/mol. The number of β-lactam (4-membered cyclic amide) rings is 1. The lowest BCUT2D eigenvalue weighted by Crippen LogP contribution is -2.69. The predicted octanol–water partition coefficient (Wildman–Crippen LogP) is 1.97. The number of nitrogens with zero attached hydrogens (tertiary/aromatic N) is 3. The van der Waals surface area contributed by atoms with Crippen molar-refractivity contribution in [3.8, 4) is 0 Å². The number of halogens is 1. The number of carbonyl (C=O) groups excluding carboxylic acids is 2. The number of fused-ring (bicyclic) bond motifs is 1. The normalized spacial score (nSPS) is 23.9. The number of nitro groups is 1. The van der Waals surface area contributed by atoms with Crippen molar-refractivity contribution in [1.82, 2.24) is 4.90 Å². The lowest BCUT2D eigenvalue weighted by molar-refractivity contribution is -0.384. The van der Waals surface area contributed by atoms with Crippen molar-refractivity contribution in [1.29, 1.82) is 0 Å². The third-order valence-electron chi connectivity index (χ3n) is 4.27. The number of hydrogen-bond donors (Lipinski definition) is 2. The SMILES string of the molecule is CC(=O)OCC1=C(P(=O)(O)O)N2C(=O)[C@@](Br)(/N=C/c3ccc([N+](=O)[O-])cc3)[C@H]2SC1. The van der Waals surface area contributed by atoms with Gasteiger partial charge in [-0.3, -0.25) is 34.2 Å². The largest absolute Gasteiger partial charge is 0.461 e. The first kappa shape index (κ1) is 22.6. The minimum atomic E-state index is -4.84. The molecule has 0 bridgehead atoms. The predicted molar refractivity (Wildman–Crippen MR) is 111 cm³/mol. The molecule has 2 atom stereocenters. The fourth-order valence-electron chi connectivity index (χ4n) is 2.90. The van der Waals surface area contributed by atoms with Gasteiger partial charge in [0.25, 0.3) is 11.6 Å². The Bertz CT molecular complexity index is 1020. The van der Waals surface area contributed by atoms with Crippen LogP contribution in [0.3, 0.4) is 0 Å². The van der Waals surface area contributed by atoms with Crippen LogP contribution in [0.1, 0.15) is 12.5 Å². The third-order valence-corrected chi connectivity index (χ3v) is 8.02. The summed E-state index contributed by atoms with van der Waals surface area (Å²) in [6, 6.07) is 5.51. The number of benzene rings is 1. The van der Waals surface area contributed by atoms with Crippen molar-refractivity contribution >= 4 is 59.1 Å². The van der Waals surface area contributed by atoms with Gasteiger partial charge in [0.2, 0.25) is 4.45 Å². The second-order valence-electron chi connectivity index (χ2n) is 6.37. The lowest BCUT2D eigenvalue weighted by atomic mass is 10.1. The van der Waals surface area contributed by atoms with E-state index < -0.39 is 39.7 Å². The second-order valence-corrected chi connectivity index (χ2v) is 10.2. The Balaban J connectivity index is 1.86. The van der Waals surface area contributed by atoms with Gasteiger partial charge in [0, 0.05) is 36.6 Å². The molecule has 0 radical (unpaired) electrons. The van der Waals surface area contributed by atoms with E-state index in [1.807, 2.05) is 0 Å². The molecule has 2 aliphatic rings. The summed E-state index contributed by atoms with van der Waals surface area (Å²) in [6.45, 7) is 0.836. The van der Waals surface area contributed by atoms with Gasteiger partial charge in [-0.2, -0.15) is 0 Å². The number of amides is 1. The maximum Gasteiger partial charge on any atom is 0.372 e. The molecule has 1 amide bonds. The molecule has 1 aromatic carbocycles. The molecule has 3 rings (SSSR count). The Morgan fingerprint density at radius 1 is 1.50 bits per heavy atom. The molecule has 14 heteroatoms. The lowest BCUT2D eigenvalue weighted by Gasteiger charge is -2.53. The number of alkyl halides is 1. The summed E-state index contributed by atoms with van der Waals surface area (Å²) in [4.78, 5) is 58.8. The van der Waals surface area contributed by atoms with E-state index in [0.29, 0.717) is 5.56 Å². The number of nitro benzene ring substituents is 1. The minimum absolute atomic E-state index is 0.0915. The summed E-state index contributed by atoms with van der Waals surface area (Å²) >= 11 is 4.47. The molecule has 2 N–H and O–H groups in total. The molecule has 2 heterocycles. The Morgan fingerprint density at radius 3 is 2.67 bits per heavy atom. The van der Waals surface area contributed by atoms with Crippen LogP contribution in [0.2, 0.25) is 0 Å². The average molecular weight is 520 g/mol. The zero-order valence-corrected chi connectivity index (χ0v) is 18.6. The topological polar surface area (TPSA) is 160 Å². The van der Waals surface area contributed by atoms with Gasteiger partial charge < -0.3 is 14.5 Å². The van der Waals surface area contributed by atoms with E-state index in [-0.39, 0.29) is 23.6 Å². The van der Waals surface area contributed by atoms with E-state index in [2.05, 4.69) is 20.9 Å². The summed E-state index contributed by atoms with van der Waals surface area (Å²) in [5.74, 6) is -1.17. The van der Waals surface area contributed by atoms with Crippen LogP contribution in [0.5, 0.6) is 0 Å². The first-order valence-corrected chi connectivity index (χ1v) is 11.8. The quantitative estimate of drug-likeness (QED) is 0.0836. The molecule has 1 aromatic rings. The van der Waals surface area contributed by atoms with Crippen molar-refractivity contribution in [3.05, 3.63) is 51.0 Å². The maximum absolute atomic E-state index is 12.8. The summed E-state index contributed by atoms with van der Waals surface area (Å²) in [5.41, 5.74) is 0.0964. The van der Waals surface area contributed by atoms with Gasteiger partial charge in [0.1, 0.15) is 17.4 Å². The molecule has 11 nitrogen and oxygen atoms in total. The first-order chi connectivity index (χ1) is 13.9. The molecule has 160 valence electrons. The monoisotopic (exact) mass is 519 g/mol. The van der Waals surface area contributed by atoms with Gasteiger partial charge >= 0.3 is 13.6 Å². The number of hydrogen-bond acceptors (Lipinski definition) is 8. The highest BCUT2D eigenvalue weighted by molar-refractivity contribution is 9.10. The molecule has 0 unspecified atom stereocenters. The number of non-ortho nitro benzene ring substituents is 1. The highest BCUT2D eigenvalue weighted by atomic mass is 79.9. The van der Waals surface area contributed by atoms with Crippen molar-refractivity contribution in [3.63, 3.8) is 0 Å². The Hall–Kier alpha value is -2.05. The van der Waals surface area contributed by atoms with Crippen LogP contribution >= 0.6 is 35.3 Å². The summed E-state index contributed by atoms with van der Waals surface area (Å²) in [6.07, 6.45) is 1.35. The fraction of sp³-hybridized carbons (Fsp3) is 0.312. The van der Waals surface area contributed by atoms with Crippen LogP contribution < -0.4 is 0 Å². The molecule has 0 aliphatic carbocycles. The summed E-state index contributed by atoms with van der Waals surface area (Å²) < 4.78 is 15.4. The van der Waals surface area contributed by atoms with Crippen LogP contribution in [0.4, 0.5) is 5.69 Å². The van der Waals surface area contributed by atoms with Gasteiger partial charge in [-0.25, -0.2) is 0 Å². The highest BCUT2D eigenvalue weighted by Gasteiger charge is 2.64. The van der Waals surface area contributed by atoms with Crippen LogP contribution in [0.15, 0.2) is 40.3 Å². The summed E-state index contributed by atoms with van der Waals surface area (Å²) in [7, 11) is -4.84.